The number of rotatable bonds is 6. The van der Waals surface area contributed by atoms with Gasteiger partial charge >= 0.3 is 0 Å². The molecule has 0 saturated heterocycles. The molecule has 1 atom stereocenters. The predicted molar refractivity (Wildman–Crippen MR) is 52.3 cm³/mol. The van der Waals surface area contributed by atoms with Gasteiger partial charge in [0.15, 0.2) is 0 Å². The Morgan fingerprint density at radius 2 is 2.43 bits per heavy atom. The summed E-state index contributed by atoms with van der Waals surface area (Å²) in [5.41, 5.74) is 10.4. The Balaban J connectivity index is 2.08. The molecule has 6 heteroatoms. The molecule has 0 aliphatic carbocycles. The maximum Gasteiger partial charge on any atom is 0.235 e. The molecule has 1 unspecified atom stereocenters. The van der Waals surface area contributed by atoms with E-state index in [-0.39, 0.29) is 0 Å². The van der Waals surface area contributed by atoms with E-state index in [4.69, 9.17) is 11.5 Å². The van der Waals surface area contributed by atoms with Crippen LogP contribution in [0.3, 0.4) is 0 Å². The van der Waals surface area contributed by atoms with Gasteiger partial charge in [0.2, 0.25) is 5.91 Å². The maximum atomic E-state index is 10.6. The van der Waals surface area contributed by atoms with Crippen LogP contribution in [0.25, 0.3) is 0 Å². The van der Waals surface area contributed by atoms with E-state index in [0.717, 1.165) is 6.54 Å². The fourth-order valence-corrected chi connectivity index (χ4v) is 0.984. The van der Waals surface area contributed by atoms with Crippen LogP contribution < -0.4 is 16.8 Å². The molecule has 1 rings (SSSR count). The Morgan fingerprint density at radius 1 is 1.64 bits per heavy atom. The minimum Gasteiger partial charge on any atom is -0.368 e. The van der Waals surface area contributed by atoms with E-state index in [2.05, 4.69) is 10.4 Å². The van der Waals surface area contributed by atoms with Gasteiger partial charge in [0, 0.05) is 25.5 Å². The number of aromatic nitrogens is 2. The SMILES string of the molecule is NC(=O)C(N)CNCCn1cccn1. The van der Waals surface area contributed by atoms with Crippen LogP contribution >= 0.6 is 0 Å². The largest absolute Gasteiger partial charge is 0.368 e. The molecule has 1 aromatic rings. The highest BCUT2D eigenvalue weighted by Crippen LogP contribution is 1.82. The fourth-order valence-electron chi connectivity index (χ4n) is 0.984. The van der Waals surface area contributed by atoms with Crippen molar-refractivity contribution in [2.45, 2.75) is 12.6 Å². The molecule has 1 amide bonds. The van der Waals surface area contributed by atoms with E-state index in [0.29, 0.717) is 13.1 Å². The number of carbonyl (C=O) groups excluding carboxylic acids is 1. The molecule has 6 nitrogen and oxygen atoms in total. The summed E-state index contributed by atoms with van der Waals surface area (Å²) < 4.78 is 1.79. The molecular weight excluding hydrogens is 182 g/mol. The normalized spacial score (nSPS) is 12.6. The van der Waals surface area contributed by atoms with Crippen LogP contribution in [0.2, 0.25) is 0 Å². The summed E-state index contributed by atoms with van der Waals surface area (Å²) >= 11 is 0. The minimum atomic E-state index is -0.618. The number of carbonyl (C=O) groups is 1. The van der Waals surface area contributed by atoms with Gasteiger partial charge in [-0.3, -0.25) is 9.48 Å². The van der Waals surface area contributed by atoms with Crippen molar-refractivity contribution in [3.63, 3.8) is 0 Å². The van der Waals surface area contributed by atoms with Crippen LogP contribution in [-0.2, 0) is 11.3 Å². The molecule has 0 aliphatic rings. The Bertz CT molecular complexity index is 271. The number of nitrogens with zero attached hydrogens (tertiary/aromatic N) is 2. The average molecular weight is 197 g/mol. The van der Waals surface area contributed by atoms with Crippen molar-refractivity contribution < 1.29 is 4.79 Å². The van der Waals surface area contributed by atoms with Crippen molar-refractivity contribution >= 4 is 5.91 Å². The zero-order chi connectivity index (χ0) is 10.4. The molecule has 78 valence electrons. The van der Waals surface area contributed by atoms with Crippen molar-refractivity contribution in [3.8, 4) is 0 Å². The standard InChI is InChI=1S/C8H15N5O/c9-7(8(10)14)6-11-3-5-13-4-1-2-12-13/h1-2,4,7,11H,3,5-6,9H2,(H2,10,14). The van der Waals surface area contributed by atoms with Crippen molar-refractivity contribution in [2.75, 3.05) is 13.1 Å². The van der Waals surface area contributed by atoms with Gasteiger partial charge in [0.05, 0.1) is 12.6 Å². The molecule has 0 spiro atoms. The van der Waals surface area contributed by atoms with Gasteiger partial charge in [-0.2, -0.15) is 5.10 Å². The molecule has 1 aromatic heterocycles. The number of primary amides is 1. The lowest BCUT2D eigenvalue weighted by atomic mass is 10.3. The van der Waals surface area contributed by atoms with Crippen molar-refractivity contribution in [2.24, 2.45) is 11.5 Å². The molecule has 0 bridgehead atoms. The number of hydrogen-bond acceptors (Lipinski definition) is 4. The number of hydrogen-bond donors (Lipinski definition) is 3. The Kier molecular flexibility index (Phi) is 4.09. The van der Waals surface area contributed by atoms with E-state index in [1.54, 1.807) is 10.9 Å². The number of nitrogens with one attached hydrogen (secondary N) is 1. The van der Waals surface area contributed by atoms with E-state index < -0.39 is 11.9 Å². The van der Waals surface area contributed by atoms with Gasteiger partial charge in [-0.15, -0.1) is 0 Å². The lowest BCUT2D eigenvalue weighted by Gasteiger charge is -2.08. The topological polar surface area (TPSA) is 99.0 Å². The third-order valence-electron chi connectivity index (χ3n) is 1.81. The summed E-state index contributed by atoms with van der Waals surface area (Å²) in [6.45, 7) is 1.86. The summed E-state index contributed by atoms with van der Waals surface area (Å²) in [6, 6.07) is 1.24. The minimum absolute atomic E-state index is 0.399. The quantitative estimate of drug-likeness (QED) is 0.473. The molecular formula is C8H15N5O. The highest BCUT2D eigenvalue weighted by atomic mass is 16.1. The summed E-state index contributed by atoms with van der Waals surface area (Å²) in [7, 11) is 0. The van der Waals surface area contributed by atoms with Crippen molar-refractivity contribution in [1.82, 2.24) is 15.1 Å². The monoisotopic (exact) mass is 197 g/mol. The summed E-state index contributed by atoms with van der Waals surface area (Å²) in [4.78, 5) is 10.6. The van der Waals surface area contributed by atoms with Crippen LogP contribution in [-0.4, -0.2) is 34.8 Å². The zero-order valence-corrected chi connectivity index (χ0v) is 7.89. The van der Waals surface area contributed by atoms with Crippen LogP contribution in [0, 0.1) is 0 Å². The third kappa shape index (κ3) is 3.55. The van der Waals surface area contributed by atoms with Crippen LogP contribution in [0.1, 0.15) is 0 Å². The maximum absolute atomic E-state index is 10.6. The van der Waals surface area contributed by atoms with Gasteiger partial charge in [-0.05, 0) is 6.07 Å². The Morgan fingerprint density at radius 3 is 3.00 bits per heavy atom. The van der Waals surface area contributed by atoms with Gasteiger partial charge in [-0.25, -0.2) is 0 Å². The summed E-state index contributed by atoms with van der Waals surface area (Å²) in [5, 5.41) is 7.04. The molecule has 0 radical (unpaired) electrons. The summed E-state index contributed by atoms with van der Waals surface area (Å²) in [6.07, 6.45) is 3.59. The highest BCUT2D eigenvalue weighted by molar-refractivity contribution is 5.79. The fraction of sp³-hybridized carbons (Fsp3) is 0.500. The van der Waals surface area contributed by atoms with Crippen LogP contribution in [0.15, 0.2) is 18.5 Å². The molecule has 0 fully saturated rings. The third-order valence-corrected chi connectivity index (χ3v) is 1.81. The van der Waals surface area contributed by atoms with Crippen molar-refractivity contribution in [3.05, 3.63) is 18.5 Å². The van der Waals surface area contributed by atoms with Gasteiger partial charge in [-0.1, -0.05) is 0 Å². The van der Waals surface area contributed by atoms with E-state index in [1.165, 1.54) is 0 Å². The van der Waals surface area contributed by atoms with Crippen LogP contribution in [0.5, 0.6) is 0 Å². The Labute approximate surface area is 82.3 Å². The van der Waals surface area contributed by atoms with Gasteiger partial charge in [0.25, 0.3) is 0 Å². The predicted octanol–water partition coefficient (Wildman–Crippen LogP) is -1.71. The Hall–Kier alpha value is -1.40. The first-order valence-electron chi connectivity index (χ1n) is 4.43. The number of nitrogens with two attached hydrogens (primary N) is 2. The molecule has 5 N–H and O–H groups in total. The van der Waals surface area contributed by atoms with E-state index in [1.807, 2.05) is 12.3 Å². The molecule has 0 saturated carbocycles. The molecule has 0 aliphatic heterocycles. The van der Waals surface area contributed by atoms with Crippen LogP contribution in [0.4, 0.5) is 0 Å². The first-order chi connectivity index (χ1) is 6.70. The molecule has 0 aromatic carbocycles. The second-order valence-corrected chi connectivity index (χ2v) is 2.98. The van der Waals surface area contributed by atoms with Gasteiger partial charge in [0.1, 0.15) is 0 Å². The second-order valence-electron chi connectivity index (χ2n) is 2.98. The average Bonchev–Trinajstić information content (AvgIpc) is 2.64. The van der Waals surface area contributed by atoms with E-state index in [9.17, 15) is 4.79 Å². The molecule has 14 heavy (non-hydrogen) atoms. The first-order valence-corrected chi connectivity index (χ1v) is 4.43. The van der Waals surface area contributed by atoms with Crippen molar-refractivity contribution in [1.29, 1.82) is 0 Å². The zero-order valence-electron chi connectivity index (χ0n) is 7.89. The highest BCUT2D eigenvalue weighted by Gasteiger charge is 2.06. The van der Waals surface area contributed by atoms with Gasteiger partial charge < -0.3 is 16.8 Å². The first kappa shape index (κ1) is 10.7. The lowest BCUT2D eigenvalue weighted by Crippen LogP contribution is -2.44. The number of amides is 1. The lowest BCUT2D eigenvalue weighted by molar-refractivity contribution is -0.119. The smallest absolute Gasteiger partial charge is 0.235 e. The second kappa shape index (κ2) is 5.36. The summed E-state index contributed by atoms with van der Waals surface area (Å²) in [5.74, 6) is -0.489. The molecule has 1 heterocycles. The van der Waals surface area contributed by atoms with E-state index >= 15 is 0 Å².